The molecule has 0 radical (unpaired) electrons. The van der Waals surface area contributed by atoms with Crippen LogP contribution in [0.25, 0.3) is 10.2 Å². The third-order valence-electron chi connectivity index (χ3n) is 3.39. The first kappa shape index (κ1) is 12.4. The number of fused-ring (bicyclic) bond motifs is 1. The van der Waals surface area contributed by atoms with Gasteiger partial charge in [-0.05, 0) is 31.0 Å². The molecule has 1 aromatic heterocycles. The third kappa shape index (κ3) is 2.87. The maximum atomic E-state index is 11.0. The Balaban J connectivity index is 1.81. The second-order valence-corrected chi connectivity index (χ2v) is 6.04. The number of aromatic nitrogens is 1. The first-order chi connectivity index (χ1) is 9.20. The van der Waals surface area contributed by atoms with Crippen LogP contribution >= 0.6 is 11.3 Å². The van der Waals surface area contributed by atoms with Gasteiger partial charge in [-0.3, -0.25) is 4.79 Å². The number of hydrogen-bond acceptors (Lipinski definition) is 4. The van der Waals surface area contributed by atoms with Gasteiger partial charge in [-0.1, -0.05) is 24.2 Å². The number of carbonyl (C=O) groups excluding carboxylic acids is 1. The summed E-state index contributed by atoms with van der Waals surface area (Å²) in [5.74, 6) is -0.0480. The largest absolute Gasteiger partial charge is 0.359 e. The number of nitrogens with zero attached hydrogens (tertiary/aromatic N) is 1. The first-order valence-electron chi connectivity index (χ1n) is 6.65. The molecular weight excluding hydrogens is 258 g/mol. The zero-order valence-corrected chi connectivity index (χ0v) is 11.7. The molecule has 1 aliphatic rings. The van der Waals surface area contributed by atoms with E-state index in [9.17, 15) is 4.79 Å². The van der Waals surface area contributed by atoms with Crippen LogP contribution in [0.3, 0.4) is 0 Å². The van der Waals surface area contributed by atoms with Crippen LogP contribution in [-0.4, -0.2) is 16.9 Å². The average molecular weight is 275 g/mol. The van der Waals surface area contributed by atoms with Crippen LogP contribution in [0.1, 0.15) is 32.6 Å². The topological polar surface area (TPSA) is 54.0 Å². The number of hydrogen-bond donors (Lipinski definition) is 2. The molecule has 0 aliphatic heterocycles. The fourth-order valence-electron chi connectivity index (χ4n) is 2.51. The summed E-state index contributed by atoms with van der Waals surface area (Å²) in [6, 6.07) is 6.41. The van der Waals surface area contributed by atoms with E-state index in [1.54, 1.807) is 11.3 Å². The highest BCUT2D eigenvalue weighted by molar-refractivity contribution is 7.22. The van der Waals surface area contributed by atoms with Crippen molar-refractivity contribution in [3.8, 4) is 0 Å². The molecule has 0 saturated heterocycles. The fourth-order valence-corrected chi connectivity index (χ4v) is 3.49. The van der Waals surface area contributed by atoms with Crippen molar-refractivity contribution in [1.29, 1.82) is 0 Å². The molecule has 0 atom stereocenters. The fraction of sp³-hybridized carbons (Fsp3) is 0.429. The lowest BCUT2D eigenvalue weighted by atomic mass is 10.3. The Morgan fingerprint density at radius 2 is 2.16 bits per heavy atom. The van der Waals surface area contributed by atoms with E-state index in [2.05, 4.69) is 15.6 Å². The summed E-state index contributed by atoms with van der Waals surface area (Å²) >= 11 is 1.65. The SMILES string of the molecule is CC(=O)Nc1ccc2nc(NC3CCCC3)sc2c1. The Morgan fingerprint density at radius 1 is 1.37 bits per heavy atom. The van der Waals surface area contributed by atoms with Gasteiger partial charge in [0.2, 0.25) is 5.91 Å². The van der Waals surface area contributed by atoms with E-state index >= 15 is 0 Å². The summed E-state index contributed by atoms with van der Waals surface area (Å²) < 4.78 is 1.10. The molecule has 2 aromatic rings. The Kier molecular flexibility index (Phi) is 3.38. The summed E-state index contributed by atoms with van der Waals surface area (Å²) in [6.07, 6.45) is 5.12. The normalized spacial score (nSPS) is 15.8. The molecule has 19 heavy (non-hydrogen) atoms. The van der Waals surface area contributed by atoms with Crippen LogP contribution in [0, 0.1) is 0 Å². The van der Waals surface area contributed by atoms with Crippen LogP contribution in [0.15, 0.2) is 18.2 Å². The molecule has 0 spiro atoms. The number of benzene rings is 1. The van der Waals surface area contributed by atoms with E-state index in [0.29, 0.717) is 6.04 Å². The molecule has 1 heterocycles. The van der Waals surface area contributed by atoms with Crippen molar-refractivity contribution >= 4 is 38.3 Å². The highest BCUT2D eigenvalue weighted by Crippen LogP contribution is 2.30. The van der Waals surface area contributed by atoms with Crippen LogP contribution in [-0.2, 0) is 4.79 Å². The summed E-state index contributed by atoms with van der Waals surface area (Å²) in [5.41, 5.74) is 1.82. The van der Waals surface area contributed by atoms with Crippen LogP contribution in [0.2, 0.25) is 0 Å². The Labute approximate surface area is 116 Å². The molecule has 1 aliphatic carbocycles. The van der Waals surface area contributed by atoms with Crippen molar-refractivity contribution in [3.05, 3.63) is 18.2 Å². The lowest BCUT2D eigenvalue weighted by Gasteiger charge is -2.09. The lowest BCUT2D eigenvalue weighted by molar-refractivity contribution is -0.114. The monoisotopic (exact) mass is 275 g/mol. The number of nitrogens with one attached hydrogen (secondary N) is 2. The smallest absolute Gasteiger partial charge is 0.221 e. The van der Waals surface area contributed by atoms with Crippen LogP contribution in [0.5, 0.6) is 0 Å². The van der Waals surface area contributed by atoms with Gasteiger partial charge in [0.05, 0.1) is 10.2 Å². The second-order valence-electron chi connectivity index (χ2n) is 5.01. The van der Waals surface area contributed by atoms with Crippen molar-refractivity contribution in [3.63, 3.8) is 0 Å². The van der Waals surface area contributed by atoms with Gasteiger partial charge >= 0.3 is 0 Å². The number of amides is 1. The summed E-state index contributed by atoms with van der Waals surface area (Å²) in [7, 11) is 0. The molecule has 2 N–H and O–H groups in total. The quantitative estimate of drug-likeness (QED) is 0.899. The highest BCUT2D eigenvalue weighted by Gasteiger charge is 2.16. The number of thiazole rings is 1. The predicted molar refractivity (Wildman–Crippen MR) is 79.8 cm³/mol. The maximum Gasteiger partial charge on any atom is 0.221 e. The summed E-state index contributed by atoms with van der Waals surface area (Å²) in [6.45, 7) is 1.52. The number of carbonyl (C=O) groups is 1. The molecule has 0 unspecified atom stereocenters. The van der Waals surface area contributed by atoms with Gasteiger partial charge in [0, 0.05) is 18.7 Å². The molecule has 0 bridgehead atoms. The van der Waals surface area contributed by atoms with Gasteiger partial charge in [0.1, 0.15) is 0 Å². The molecule has 3 rings (SSSR count). The Morgan fingerprint density at radius 3 is 2.89 bits per heavy atom. The minimum absolute atomic E-state index is 0.0480. The van der Waals surface area contributed by atoms with E-state index in [1.165, 1.54) is 32.6 Å². The Bertz CT molecular complexity index is 602. The molecule has 1 saturated carbocycles. The minimum atomic E-state index is -0.0480. The lowest BCUT2D eigenvalue weighted by Crippen LogP contribution is -2.13. The van der Waals surface area contributed by atoms with Crippen molar-refractivity contribution < 1.29 is 4.79 Å². The molecule has 100 valence electrons. The number of anilines is 2. The molecule has 1 aromatic carbocycles. The zero-order chi connectivity index (χ0) is 13.2. The van der Waals surface area contributed by atoms with Gasteiger partial charge in [-0.2, -0.15) is 0 Å². The maximum absolute atomic E-state index is 11.0. The van der Waals surface area contributed by atoms with Crippen molar-refractivity contribution in [2.45, 2.75) is 38.6 Å². The van der Waals surface area contributed by atoms with Crippen molar-refractivity contribution in [2.24, 2.45) is 0 Å². The minimum Gasteiger partial charge on any atom is -0.359 e. The van der Waals surface area contributed by atoms with Gasteiger partial charge in [0.25, 0.3) is 0 Å². The zero-order valence-electron chi connectivity index (χ0n) is 10.9. The average Bonchev–Trinajstić information content (AvgIpc) is 2.97. The Hall–Kier alpha value is -1.62. The van der Waals surface area contributed by atoms with Crippen LogP contribution < -0.4 is 10.6 Å². The van der Waals surface area contributed by atoms with E-state index in [0.717, 1.165) is 21.0 Å². The van der Waals surface area contributed by atoms with Crippen molar-refractivity contribution in [2.75, 3.05) is 10.6 Å². The van der Waals surface area contributed by atoms with E-state index in [1.807, 2.05) is 18.2 Å². The molecule has 5 heteroatoms. The molecular formula is C14H17N3OS. The van der Waals surface area contributed by atoms with Gasteiger partial charge in [0.15, 0.2) is 5.13 Å². The highest BCUT2D eigenvalue weighted by atomic mass is 32.1. The standard InChI is InChI=1S/C14H17N3OS/c1-9(18)15-11-6-7-12-13(8-11)19-14(17-12)16-10-4-2-3-5-10/h6-8,10H,2-5H2,1H3,(H,15,18)(H,16,17). The van der Waals surface area contributed by atoms with E-state index in [4.69, 9.17) is 0 Å². The third-order valence-corrected chi connectivity index (χ3v) is 4.34. The van der Waals surface area contributed by atoms with Gasteiger partial charge < -0.3 is 10.6 Å². The molecule has 4 nitrogen and oxygen atoms in total. The summed E-state index contributed by atoms with van der Waals surface area (Å²) in [5, 5.41) is 7.30. The van der Waals surface area contributed by atoms with Gasteiger partial charge in [-0.15, -0.1) is 0 Å². The van der Waals surface area contributed by atoms with E-state index < -0.39 is 0 Å². The molecule has 1 amide bonds. The summed E-state index contributed by atoms with van der Waals surface area (Å²) in [4.78, 5) is 15.6. The first-order valence-corrected chi connectivity index (χ1v) is 7.47. The van der Waals surface area contributed by atoms with Crippen LogP contribution in [0.4, 0.5) is 10.8 Å². The number of rotatable bonds is 3. The van der Waals surface area contributed by atoms with Crippen molar-refractivity contribution in [1.82, 2.24) is 4.98 Å². The predicted octanol–water partition coefficient (Wildman–Crippen LogP) is 3.61. The second kappa shape index (κ2) is 5.17. The van der Waals surface area contributed by atoms with E-state index in [-0.39, 0.29) is 5.91 Å². The molecule has 1 fully saturated rings. The van der Waals surface area contributed by atoms with Gasteiger partial charge in [-0.25, -0.2) is 4.98 Å².